The molecule has 0 radical (unpaired) electrons. The van der Waals surface area contributed by atoms with E-state index in [0.29, 0.717) is 72.5 Å². The van der Waals surface area contributed by atoms with E-state index in [1.807, 2.05) is 72.0 Å². The van der Waals surface area contributed by atoms with E-state index in [9.17, 15) is 19.5 Å². The maximum absolute atomic E-state index is 16.0. The number of anilines is 3. The smallest absolute Gasteiger partial charge is 0.328 e. The number of imide groups is 1. The quantitative estimate of drug-likeness (QED) is 0.166. The summed E-state index contributed by atoms with van der Waals surface area (Å²) in [6.07, 6.45) is 4.68. The number of morpholine rings is 1. The van der Waals surface area contributed by atoms with E-state index >= 15 is 4.39 Å². The lowest BCUT2D eigenvalue weighted by molar-refractivity contribution is -0.120. The van der Waals surface area contributed by atoms with Crippen LogP contribution in [0.3, 0.4) is 0 Å². The Kier molecular flexibility index (Phi) is 11.3. The Morgan fingerprint density at radius 3 is 2.50 bits per heavy atom. The average molecular weight is 845 g/mol. The van der Waals surface area contributed by atoms with Gasteiger partial charge in [0, 0.05) is 74.9 Å². The number of halogens is 1. The molecule has 15 nitrogen and oxygen atoms in total. The molecule has 16 heteroatoms. The first kappa shape index (κ1) is 41.2. The van der Waals surface area contributed by atoms with Crippen LogP contribution in [0, 0.1) is 12.8 Å². The fraction of sp³-hybridized carbons (Fsp3) is 0.435. The largest absolute Gasteiger partial charge is 0.507 e. The van der Waals surface area contributed by atoms with Crippen molar-refractivity contribution in [2.75, 3.05) is 61.3 Å². The number of nitrogens with zero attached hydrogens (tertiary/aromatic N) is 8. The van der Waals surface area contributed by atoms with Crippen LogP contribution in [0.15, 0.2) is 73.1 Å². The minimum atomic E-state index is -1.08. The number of hydrogen-bond donors (Lipinski definition) is 3. The van der Waals surface area contributed by atoms with Crippen LogP contribution < -0.4 is 20.9 Å². The number of amides is 4. The molecule has 3 aromatic heterocycles. The van der Waals surface area contributed by atoms with Gasteiger partial charge in [-0.2, -0.15) is 0 Å². The number of carbonyl (C=O) groups excluding carboxylic acids is 3. The van der Waals surface area contributed by atoms with Crippen molar-refractivity contribution in [3.63, 3.8) is 0 Å². The lowest BCUT2D eigenvalue weighted by Gasteiger charge is -2.43. The van der Waals surface area contributed by atoms with E-state index in [-0.39, 0.29) is 54.8 Å². The number of piperidine rings is 2. The molecule has 9 rings (SSSR count). The Morgan fingerprint density at radius 2 is 1.76 bits per heavy atom. The minimum Gasteiger partial charge on any atom is -0.507 e. The summed E-state index contributed by atoms with van der Waals surface area (Å²) >= 11 is 0. The van der Waals surface area contributed by atoms with Gasteiger partial charge >= 0.3 is 6.03 Å². The number of nitrogens with one attached hydrogen (secondary N) is 1. The molecule has 4 aliphatic heterocycles. The molecule has 5 aromatic rings. The molecule has 2 aromatic carbocycles. The predicted molar refractivity (Wildman–Crippen MR) is 234 cm³/mol. The number of carbonyl (C=O) groups is 3. The number of nitrogens with two attached hydrogens (primary N) is 1. The Morgan fingerprint density at radius 1 is 0.984 bits per heavy atom. The summed E-state index contributed by atoms with van der Waals surface area (Å²) < 4.78 is 24.4. The highest BCUT2D eigenvalue weighted by Gasteiger charge is 2.36. The van der Waals surface area contributed by atoms with Crippen LogP contribution in [0.5, 0.6) is 5.75 Å². The third-order valence-corrected chi connectivity index (χ3v) is 13.3. The van der Waals surface area contributed by atoms with Crippen molar-refractivity contribution in [1.82, 2.24) is 34.9 Å². The first-order chi connectivity index (χ1) is 29.9. The van der Waals surface area contributed by atoms with Crippen LogP contribution >= 0.6 is 0 Å². The Balaban J connectivity index is 0.780. The number of alkyl halides is 1. The Labute approximate surface area is 359 Å². The van der Waals surface area contributed by atoms with Crippen molar-refractivity contribution >= 4 is 46.1 Å². The molecule has 62 heavy (non-hydrogen) atoms. The molecule has 0 aliphatic carbocycles. The fourth-order valence-corrected chi connectivity index (χ4v) is 9.59. The first-order valence-electron chi connectivity index (χ1n) is 21.6. The number of rotatable bonds is 8. The molecule has 4 fully saturated rings. The summed E-state index contributed by atoms with van der Waals surface area (Å²) in [6, 6.07) is 17.6. The number of pyridine rings is 1. The number of phenols is 1. The van der Waals surface area contributed by atoms with Gasteiger partial charge in [0.1, 0.15) is 23.7 Å². The summed E-state index contributed by atoms with van der Waals surface area (Å²) in [6.45, 7) is 10.1. The monoisotopic (exact) mass is 844 g/mol. The molecular formula is C46H53FN10O5. The molecular weight excluding hydrogens is 792 g/mol. The van der Waals surface area contributed by atoms with Crippen molar-refractivity contribution in [1.29, 1.82) is 0 Å². The molecule has 0 spiro atoms. The summed E-state index contributed by atoms with van der Waals surface area (Å²) in [5.41, 5.74) is 12.0. The number of aryl methyl sites for hydroxylation is 1. The lowest BCUT2D eigenvalue weighted by Crippen LogP contribution is -2.50. The number of nitrogen functional groups attached to an aromatic ring is 1. The van der Waals surface area contributed by atoms with Gasteiger partial charge in [-0.3, -0.25) is 19.8 Å². The van der Waals surface area contributed by atoms with Crippen LogP contribution in [0.1, 0.15) is 73.2 Å². The van der Waals surface area contributed by atoms with E-state index < -0.39 is 12.2 Å². The van der Waals surface area contributed by atoms with Crippen molar-refractivity contribution in [2.24, 2.45) is 5.92 Å². The highest BCUT2D eigenvalue weighted by Crippen LogP contribution is 2.38. The number of aromatic nitrogens is 4. The number of phenolic OH excluding ortho intramolecular Hbond substituents is 1. The summed E-state index contributed by atoms with van der Waals surface area (Å²) in [4.78, 5) is 50.3. The van der Waals surface area contributed by atoms with Gasteiger partial charge in [-0.1, -0.05) is 24.3 Å². The van der Waals surface area contributed by atoms with Crippen LogP contribution in [0.4, 0.5) is 26.4 Å². The van der Waals surface area contributed by atoms with Crippen molar-refractivity contribution in [3.05, 3.63) is 89.7 Å². The molecule has 7 heterocycles. The normalized spacial score (nSPS) is 24.1. The third kappa shape index (κ3) is 8.04. The zero-order valence-electron chi connectivity index (χ0n) is 35.3. The number of aromatic hydroxyl groups is 1. The van der Waals surface area contributed by atoms with Crippen LogP contribution in [0.2, 0.25) is 0 Å². The first-order valence-corrected chi connectivity index (χ1v) is 21.6. The van der Waals surface area contributed by atoms with Gasteiger partial charge in [-0.15, -0.1) is 10.2 Å². The molecule has 0 saturated carbocycles. The van der Waals surface area contributed by atoms with Crippen molar-refractivity contribution in [3.8, 4) is 17.0 Å². The molecule has 0 unspecified atom stereocenters. The second-order valence-corrected chi connectivity index (χ2v) is 17.3. The molecule has 324 valence electrons. The highest BCUT2D eigenvalue weighted by atomic mass is 19.1. The van der Waals surface area contributed by atoms with E-state index in [1.54, 1.807) is 24.4 Å². The van der Waals surface area contributed by atoms with E-state index in [1.165, 1.54) is 4.90 Å². The second kappa shape index (κ2) is 17.0. The Bertz CT molecular complexity index is 2490. The second-order valence-electron chi connectivity index (χ2n) is 17.3. The zero-order chi connectivity index (χ0) is 43.2. The van der Waals surface area contributed by atoms with Gasteiger partial charge in [0.15, 0.2) is 5.82 Å². The lowest BCUT2D eigenvalue weighted by atomic mass is 9.93. The fourth-order valence-electron chi connectivity index (χ4n) is 9.59. The number of benzene rings is 2. The van der Waals surface area contributed by atoms with E-state index in [4.69, 9.17) is 10.5 Å². The van der Waals surface area contributed by atoms with Crippen molar-refractivity contribution in [2.45, 2.75) is 76.9 Å². The molecule has 4 aliphatic rings. The summed E-state index contributed by atoms with van der Waals surface area (Å²) in [5, 5.41) is 22.2. The van der Waals surface area contributed by atoms with Crippen LogP contribution in [-0.2, 0) is 9.53 Å². The number of urea groups is 1. The zero-order valence-corrected chi connectivity index (χ0v) is 35.3. The standard InChI is InChI=1S/C46H53FN10O5/c1-27-23-57(44-35(27)20-33(22-49-44)55-19-15-42(59)50-46(55)61)38-14-16-53(25-36(38)47)24-30-12-17-54(18-13-30)45(60)32-10-8-31(9-11-32)41-26-56(28(2)29(3)62-41)39-21-37(51-52-43(39)48)34-6-4-5-7-40(34)58/h4-11,20-23,28-30,36,38,41,58H,12-19,24-26H2,1-3H3,(H2,48,52)(H,50,59,61)/t28-,29+,36-,38-,41+/m0/s1. The van der Waals surface area contributed by atoms with Gasteiger partial charge in [0.2, 0.25) is 5.91 Å². The minimum absolute atomic E-state index is 0.00409. The van der Waals surface area contributed by atoms with Crippen molar-refractivity contribution < 1.29 is 28.6 Å². The van der Waals surface area contributed by atoms with Gasteiger partial charge < -0.3 is 34.8 Å². The van der Waals surface area contributed by atoms with Gasteiger partial charge in [0.25, 0.3) is 5.91 Å². The van der Waals surface area contributed by atoms with Gasteiger partial charge in [0.05, 0.1) is 41.5 Å². The predicted octanol–water partition coefficient (Wildman–Crippen LogP) is 6.03. The Hall–Kier alpha value is -6.13. The molecule has 0 bridgehead atoms. The third-order valence-electron chi connectivity index (χ3n) is 13.3. The number of likely N-dealkylation sites (tertiary alicyclic amines) is 2. The number of fused-ring (bicyclic) bond motifs is 1. The molecule has 4 saturated heterocycles. The number of para-hydroxylation sites is 1. The highest BCUT2D eigenvalue weighted by molar-refractivity contribution is 6.06. The summed E-state index contributed by atoms with van der Waals surface area (Å²) in [5.74, 6) is 0.496. The van der Waals surface area contributed by atoms with Crippen LogP contribution in [0.25, 0.3) is 22.3 Å². The summed E-state index contributed by atoms with van der Waals surface area (Å²) in [7, 11) is 0. The van der Waals surface area contributed by atoms with E-state index in [2.05, 4.69) is 37.2 Å². The van der Waals surface area contributed by atoms with Gasteiger partial charge in [-0.05, 0) is 93.5 Å². The number of hydrogen-bond acceptors (Lipinski definition) is 11. The van der Waals surface area contributed by atoms with Crippen LogP contribution in [-0.4, -0.2) is 117 Å². The van der Waals surface area contributed by atoms with E-state index in [0.717, 1.165) is 48.1 Å². The number of ether oxygens (including phenoxy) is 1. The SMILES string of the molecule is Cc1cn([C@H]2CCN(CC3CCN(C(=O)c4ccc([C@H]5CN(c6cc(-c7ccccc7O)nnc6N)[C@@H](C)[C@@H](C)O5)cc4)CC3)C[C@@H]2F)c2ncc(N3CCC(=O)NC3=O)cc12. The molecule has 5 atom stereocenters. The average Bonchev–Trinajstić information content (AvgIpc) is 3.60. The molecule has 4 amide bonds. The maximum atomic E-state index is 16.0. The maximum Gasteiger partial charge on any atom is 0.328 e. The molecule has 4 N–H and O–H groups in total. The topological polar surface area (TPSA) is 175 Å². The van der Waals surface area contributed by atoms with Gasteiger partial charge in [-0.25, -0.2) is 14.2 Å².